The van der Waals surface area contributed by atoms with Crippen LogP contribution in [0.3, 0.4) is 0 Å². The van der Waals surface area contributed by atoms with E-state index >= 15 is 0 Å². The van der Waals surface area contributed by atoms with Gasteiger partial charge in [-0.25, -0.2) is 0 Å². The van der Waals surface area contributed by atoms with Crippen LogP contribution in [0.5, 0.6) is 0 Å². The Kier molecular flexibility index (Phi) is 4.76. The standard InChI is InChI=1S/C18H23N3O2/c1-14-17(15(2)23-19-14)18(22)21-12-10-20(11-13-21)9-8-16-6-4-3-5-7-16/h3-7H,8-13H2,1-2H3/p+1. The quantitative estimate of drug-likeness (QED) is 0.911. The van der Waals surface area contributed by atoms with Crippen molar-refractivity contribution in [3.8, 4) is 0 Å². The third kappa shape index (κ3) is 3.62. The second-order valence-electron chi connectivity index (χ2n) is 6.23. The van der Waals surface area contributed by atoms with Gasteiger partial charge in [-0.15, -0.1) is 0 Å². The molecule has 1 saturated heterocycles. The van der Waals surface area contributed by atoms with Gasteiger partial charge < -0.3 is 14.3 Å². The smallest absolute Gasteiger partial charge is 0.259 e. The largest absolute Gasteiger partial charge is 0.361 e. The van der Waals surface area contributed by atoms with Crippen LogP contribution in [0.2, 0.25) is 0 Å². The molecule has 2 aromatic rings. The van der Waals surface area contributed by atoms with Gasteiger partial charge >= 0.3 is 0 Å². The minimum atomic E-state index is 0.0587. The molecular formula is C18H24N3O2+. The first kappa shape index (κ1) is 15.7. The van der Waals surface area contributed by atoms with Crippen LogP contribution >= 0.6 is 0 Å². The predicted molar refractivity (Wildman–Crippen MR) is 87.6 cm³/mol. The number of nitrogens with zero attached hydrogens (tertiary/aromatic N) is 2. The van der Waals surface area contributed by atoms with Gasteiger partial charge in [-0.1, -0.05) is 35.5 Å². The summed E-state index contributed by atoms with van der Waals surface area (Å²) in [4.78, 5) is 16.1. The Labute approximate surface area is 136 Å². The number of piperazine rings is 1. The summed E-state index contributed by atoms with van der Waals surface area (Å²) in [5.41, 5.74) is 2.71. The summed E-state index contributed by atoms with van der Waals surface area (Å²) in [5, 5.41) is 3.88. The highest BCUT2D eigenvalue weighted by Crippen LogP contribution is 2.15. The molecule has 0 saturated carbocycles. The van der Waals surface area contributed by atoms with Crippen LogP contribution in [0.25, 0.3) is 0 Å². The Bertz CT molecular complexity index is 639. The average Bonchev–Trinajstić information content (AvgIpc) is 2.92. The molecule has 1 amide bonds. The van der Waals surface area contributed by atoms with Gasteiger partial charge in [-0.3, -0.25) is 4.79 Å². The number of hydrogen-bond donors (Lipinski definition) is 1. The number of amides is 1. The van der Waals surface area contributed by atoms with Crippen molar-refractivity contribution < 1.29 is 14.2 Å². The molecule has 0 spiro atoms. The van der Waals surface area contributed by atoms with Gasteiger partial charge in [-0.05, 0) is 19.4 Å². The van der Waals surface area contributed by atoms with Crippen LogP contribution in [0.4, 0.5) is 0 Å². The molecule has 2 heterocycles. The van der Waals surface area contributed by atoms with E-state index in [1.165, 1.54) is 5.56 Å². The Morgan fingerprint density at radius 3 is 2.52 bits per heavy atom. The maximum Gasteiger partial charge on any atom is 0.259 e. The first-order chi connectivity index (χ1) is 11.1. The van der Waals surface area contributed by atoms with E-state index in [1.807, 2.05) is 11.8 Å². The van der Waals surface area contributed by atoms with E-state index in [9.17, 15) is 4.79 Å². The zero-order valence-electron chi connectivity index (χ0n) is 13.8. The molecule has 1 aliphatic rings. The lowest BCUT2D eigenvalue weighted by atomic mass is 10.1. The number of rotatable bonds is 4. The number of carbonyl (C=O) groups is 1. The Morgan fingerprint density at radius 2 is 1.91 bits per heavy atom. The van der Waals surface area contributed by atoms with E-state index in [1.54, 1.807) is 11.8 Å². The van der Waals surface area contributed by atoms with Crippen molar-refractivity contribution in [1.82, 2.24) is 10.1 Å². The molecule has 122 valence electrons. The molecule has 0 aliphatic carbocycles. The van der Waals surface area contributed by atoms with Gasteiger partial charge in [0.15, 0.2) is 0 Å². The molecule has 0 unspecified atom stereocenters. The minimum absolute atomic E-state index is 0.0587. The van der Waals surface area contributed by atoms with Gasteiger partial charge in [0.25, 0.3) is 5.91 Å². The van der Waals surface area contributed by atoms with E-state index in [0.29, 0.717) is 17.0 Å². The van der Waals surface area contributed by atoms with Crippen LogP contribution < -0.4 is 4.90 Å². The molecule has 0 atom stereocenters. The summed E-state index contributed by atoms with van der Waals surface area (Å²) >= 11 is 0. The Balaban J connectivity index is 1.51. The molecule has 1 aromatic carbocycles. The van der Waals surface area contributed by atoms with Gasteiger partial charge in [0.1, 0.15) is 11.3 Å². The monoisotopic (exact) mass is 314 g/mol. The summed E-state index contributed by atoms with van der Waals surface area (Å²) < 4.78 is 5.11. The van der Waals surface area contributed by atoms with Gasteiger partial charge in [-0.2, -0.15) is 0 Å². The zero-order chi connectivity index (χ0) is 16.2. The second kappa shape index (κ2) is 6.96. The molecule has 0 radical (unpaired) electrons. The number of aryl methyl sites for hydroxylation is 2. The highest BCUT2D eigenvalue weighted by atomic mass is 16.5. The van der Waals surface area contributed by atoms with Crippen molar-refractivity contribution in [3.05, 3.63) is 52.9 Å². The van der Waals surface area contributed by atoms with Crippen molar-refractivity contribution in [3.63, 3.8) is 0 Å². The molecule has 0 bridgehead atoms. The third-order valence-corrected chi connectivity index (χ3v) is 4.62. The lowest BCUT2D eigenvalue weighted by Gasteiger charge is -2.32. The van der Waals surface area contributed by atoms with Crippen LogP contribution in [0.1, 0.15) is 27.4 Å². The van der Waals surface area contributed by atoms with Crippen molar-refractivity contribution in [2.45, 2.75) is 20.3 Å². The molecule has 5 nitrogen and oxygen atoms in total. The Hall–Kier alpha value is -2.14. The number of nitrogens with one attached hydrogen (secondary N) is 1. The molecule has 1 aliphatic heterocycles. The summed E-state index contributed by atoms with van der Waals surface area (Å²) in [7, 11) is 0. The summed E-state index contributed by atoms with van der Waals surface area (Å²) in [6, 6.07) is 10.6. The number of aromatic nitrogens is 1. The first-order valence-corrected chi connectivity index (χ1v) is 8.25. The fourth-order valence-electron chi connectivity index (χ4n) is 3.19. The molecule has 23 heavy (non-hydrogen) atoms. The predicted octanol–water partition coefficient (Wildman–Crippen LogP) is 0.875. The topological polar surface area (TPSA) is 50.8 Å². The van der Waals surface area contributed by atoms with Crippen LogP contribution in [-0.4, -0.2) is 48.7 Å². The normalized spacial score (nSPS) is 15.8. The molecule has 5 heteroatoms. The van der Waals surface area contributed by atoms with Gasteiger partial charge in [0.2, 0.25) is 0 Å². The highest BCUT2D eigenvalue weighted by Gasteiger charge is 2.28. The fraction of sp³-hybridized carbons (Fsp3) is 0.444. The number of carbonyl (C=O) groups excluding carboxylic acids is 1. The molecular weight excluding hydrogens is 290 g/mol. The van der Waals surface area contributed by atoms with Crippen LogP contribution in [-0.2, 0) is 6.42 Å². The van der Waals surface area contributed by atoms with Crippen LogP contribution in [0, 0.1) is 13.8 Å². The third-order valence-electron chi connectivity index (χ3n) is 4.62. The molecule has 1 N–H and O–H groups in total. The lowest BCUT2D eigenvalue weighted by Crippen LogP contribution is -3.15. The second-order valence-corrected chi connectivity index (χ2v) is 6.23. The van der Waals surface area contributed by atoms with Crippen molar-refractivity contribution in [2.24, 2.45) is 0 Å². The van der Waals surface area contributed by atoms with Gasteiger partial charge in [0, 0.05) is 6.42 Å². The van der Waals surface area contributed by atoms with E-state index in [2.05, 4.69) is 35.5 Å². The van der Waals surface area contributed by atoms with E-state index in [4.69, 9.17) is 4.52 Å². The van der Waals surface area contributed by atoms with Crippen molar-refractivity contribution in [1.29, 1.82) is 0 Å². The van der Waals surface area contributed by atoms with Crippen molar-refractivity contribution in [2.75, 3.05) is 32.7 Å². The molecule has 1 fully saturated rings. The fourth-order valence-corrected chi connectivity index (χ4v) is 3.19. The van der Waals surface area contributed by atoms with E-state index in [-0.39, 0.29) is 5.91 Å². The summed E-state index contributed by atoms with van der Waals surface area (Å²) in [5.74, 6) is 0.676. The average molecular weight is 314 g/mol. The Morgan fingerprint density at radius 1 is 1.22 bits per heavy atom. The minimum Gasteiger partial charge on any atom is -0.361 e. The maximum absolute atomic E-state index is 12.6. The van der Waals surface area contributed by atoms with E-state index in [0.717, 1.165) is 39.1 Å². The number of benzene rings is 1. The SMILES string of the molecule is Cc1noc(C)c1C(=O)N1CC[NH+](CCc2ccccc2)CC1. The van der Waals surface area contributed by atoms with Crippen molar-refractivity contribution >= 4 is 5.91 Å². The zero-order valence-corrected chi connectivity index (χ0v) is 13.8. The van der Waals surface area contributed by atoms with Crippen LogP contribution in [0.15, 0.2) is 34.9 Å². The number of quaternary nitrogens is 1. The first-order valence-electron chi connectivity index (χ1n) is 8.25. The maximum atomic E-state index is 12.6. The highest BCUT2D eigenvalue weighted by molar-refractivity contribution is 5.96. The van der Waals surface area contributed by atoms with Gasteiger partial charge in [0.05, 0.1) is 38.4 Å². The summed E-state index contributed by atoms with van der Waals surface area (Å²) in [6.07, 6.45) is 1.09. The lowest BCUT2D eigenvalue weighted by molar-refractivity contribution is -0.903. The van der Waals surface area contributed by atoms with E-state index < -0.39 is 0 Å². The molecule has 1 aromatic heterocycles. The number of hydrogen-bond acceptors (Lipinski definition) is 3. The molecule has 3 rings (SSSR count). The summed E-state index contributed by atoms with van der Waals surface area (Å²) in [6.45, 7) is 8.35.